The Bertz CT molecular complexity index is 617. The lowest BCUT2D eigenvalue weighted by molar-refractivity contribution is 0.107. The first kappa shape index (κ1) is 15.5. The molecule has 0 radical (unpaired) electrons. The molecule has 1 atom stereocenters. The van der Waals surface area contributed by atoms with Crippen LogP contribution in [0.25, 0.3) is 0 Å². The summed E-state index contributed by atoms with van der Waals surface area (Å²) in [7, 11) is 0. The summed E-state index contributed by atoms with van der Waals surface area (Å²) >= 11 is 6.15. The van der Waals surface area contributed by atoms with Gasteiger partial charge in [0.2, 0.25) is 5.89 Å². The molecule has 1 fully saturated rings. The van der Waals surface area contributed by atoms with E-state index in [2.05, 4.69) is 15.0 Å². The van der Waals surface area contributed by atoms with Crippen LogP contribution in [0.1, 0.15) is 30.1 Å². The topological polar surface area (TPSA) is 62.4 Å². The average Bonchev–Trinajstić information content (AvgIpc) is 2.97. The molecule has 1 saturated heterocycles. The van der Waals surface area contributed by atoms with Gasteiger partial charge in [-0.15, -0.1) is 0 Å². The molecule has 0 unspecified atom stereocenters. The molecule has 1 N–H and O–H groups in total. The van der Waals surface area contributed by atoms with Gasteiger partial charge in [0.05, 0.1) is 6.54 Å². The van der Waals surface area contributed by atoms with Crippen LogP contribution in [0.4, 0.5) is 0 Å². The largest absolute Gasteiger partial charge is 0.396 e. The molecule has 0 spiro atoms. The average molecular weight is 322 g/mol. The van der Waals surface area contributed by atoms with Crippen molar-refractivity contribution in [1.29, 1.82) is 0 Å². The summed E-state index contributed by atoms with van der Waals surface area (Å²) in [4.78, 5) is 6.71. The van der Waals surface area contributed by atoms with E-state index in [4.69, 9.17) is 16.1 Å². The maximum absolute atomic E-state index is 9.28. The molecule has 22 heavy (non-hydrogen) atoms. The molecule has 5 nitrogen and oxygen atoms in total. The Morgan fingerprint density at radius 3 is 3.05 bits per heavy atom. The molecule has 1 aliphatic heterocycles. The molecule has 1 aromatic heterocycles. The van der Waals surface area contributed by atoms with Crippen LogP contribution in [0, 0.1) is 5.92 Å². The first-order valence-corrected chi connectivity index (χ1v) is 8.00. The van der Waals surface area contributed by atoms with Crippen LogP contribution in [0.5, 0.6) is 0 Å². The summed E-state index contributed by atoms with van der Waals surface area (Å²) in [6.07, 6.45) is 2.77. The minimum Gasteiger partial charge on any atom is -0.396 e. The van der Waals surface area contributed by atoms with E-state index in [-0.39, 0.29) is 6.61 Å². The molecule has 1 aromatic carbocycles. The molecule has 1 aliphatic rings. The zero-order chi connectivity index (χ0) is 15.4. The smallest absolute Gasteiger partial charge is 0.240 e. The number of hydrogen-bond donors (Lipinski definition) is 1. The van der Waals surface area contributed by atoms with Crippen molar-refractivity contribution in [3.05, 3.63) is 46.6 Å². The monoisotopic (exact) mass is 321 g/mol. The van der Waals surface area contributed by atoms with Crippen molar-refractivity contribution >= 4 is 11.6 Å². The van der Waals surface area contributed by atoms with Crippen molar-refractivity contribution in [3.8, 4) is 0 Å². The van der Waals surface area contributed by atoms with Crippen molar-refractivity contribution in [2.75, 3.05) is 19.7 Å². The van der Waals surface area contributed by atoms with Crippen LogP contribution in [0.3, 0.4) is 0 Å². The summed E-state index contributed by atoms with van der Waals surface area (Å²) in [5.41, 5.74) is 0.995. The maximum atomic E-state index is 9.28. The summed E-state index contributed by atoms with van der Waals surface area (Å²) in [5, 5.41) is 14.0. The van der Waals surface area contributed by atoms with Crippen LogP contribution in [-0.4, -0.2) is 39.8 Å². The molecular formula is C16H20ClN3O2. The van der Waals surface area contributed by atoms with Gasteiger partial charge in [-0.3, -0.25) is 4.90 Å². The van der Waals surface area contributed by atoms with E-state index < -0.39 is 0 Å². The number of piperidine rings is 1. The Kier molecular flexibility index (Phi) is 5.08. The highest BCUT2D eigenvalue weighted by molar-refractivity contribution is 6.31. The quantitative estimate of drug-likeness (QED) is 0.917. The first-order chi connectivity index (χ1) is 10.7. The Balaban J connectivity index is 1.60. The fraction of sp³-hybridized carbons (Fsp3) is 0.500. The number of halogens is 1. The predicted molar refractivity (Wildman–Crippen MR) is 83.6 cm³/mol. The van der Waals surface area contributed by atoms with E-state index in [9.17, 15) is 5.11 Å². The summed E-state index contributed by atoms with van der Waals surface area (Å²) in [5.74, 6) is 1.64. The Labute approximate surface area is 134 Å². The van der Waals surface area contributed by atoms with E-state index in [0.717, 1.165) is 36.5 Å². The van der Waals surface area contributed by atoms with E-state index in [1.165, 1.54) is 0 Å². The third-order valence-electron chi connectivity index (χ3n) is 4.04. The number of hydrogen-bond acceptors (Lipinski definition) is 5. The van der Waals surface area contributed by atoms with Crippen LogP contribution < -0.4 is 0 Å². The molecule has 0 amide bonds. The van der Waals surface area contributed by atoms with Crippen molar-refractivity contribution in [1.82, 2.24) is 15.0 Å². The summed E-state index contributed by atoms with van der Waals surface area (Å²) < 4.78 is 5.34. The van der Waals surface area contributed by atoms with Crippen LogP contribution in [0.2, 0.25) is 5.02 Å². The highest BCUT2D eigenvalue weighted by Crippen LogP contribution is 2.19. The van der Waals surface area contributed by atoms with Gasteiger partial charge in [0.25, 0.3) is 0 Å². The van der Waals surface area contributed by atoms with Crippen LogP contribution >= 0.6 is 11.6 Å². The predicted octanol–water partition coefficient (Wildman–Crippen LogP) is 2.52. The first-order valence-electron chi connectivity index (χ1n) is 7.62. The summed E-state index contributed by atoms with van der Waals surface area (Å²) in [6, 6.07) is 7.68. The fourth-order valence-electron chi connectivity index (χ4n) is 2.87. The van der Waals surface area contributed by atoms with Crippen molar-refractivity contribution in [3.63, 3.8) is 0 Å². The van der Waals surface area contributed by atoms with E-state index in [0.29, 0.717) is 30.6 Å². The van der Waals surface area contributed by atoms with E-state index in [1.54, 1.807) is 0 Å². The van der Waals surface area contributed by atoms with Gasteiger partial charge in [-0.05, 0) is 36.9 Å². The third-order valence-corrected chi connectivity index (χ3v) is 4.41. The van der Waals surface area contributed by atoms with Crippen molar-refractivity contribution < 1.29 is 9.63 Å². The van der Waals surface area contributed by atoms with Gasteiger partial charge in [0.15, 0.2) is 5.82 Å². The van der Waals surface area contributed by atoms with Gasteiger partial charge in [0.1, 0.15) is 0 Å². The molecule has 3 rings (SSSR count). The zero-order valence-electron chi connectivity index (χ0n) is 12.4. The fourth-order valence-corrected chi connectivity index (χ4v) is 3.08. The highest BCUT2D eigenvalue weighted by atomic mass is 35.5. The standard InChI is InChI=1S/C16H20ClN3O2/c17-14-6-2-1-5-13(14)8-15-18-16(22-19-15)10-20-7-3-4-12(9-20)11-21/h1-2,5-6,12,21H,3-4,7-11H2/t12-/m0/s1. The lowest BCUT2D eigenvalue weighted by Gasteiger charge is -2.30. The third kappa shape index (κ3) is 3.85. The molecule has 118 valence electrons. The Morgan fingerprint density at radius 1 is 1.36 bits per heavy atom. The van der Waals surface area contributed by atoms with Gasteiger partial charge in [-0.2, -0.15) is 4.98 Å². The normalized spacial score (nSPS) is 19.5. The van der Waals surface area contributed by atoms with Crippen LogP contribution in [0.15, 0.2) is 28.8 Å². The number of aliphatic hydroxyl groups excluding tert-OH is 1. The van der Waals surface area contributed by atoms with Crippen molar-refractivity contribution in [2.45, 2.75) is 25.8 Å². The van der Waals surface area contributed by atoms with Gasteiger partial charge >= 0.3 is 0 Å². The summed E-state index contributed by atoms with van der Waals surface area (Å²) in [6.45, 7) is 2.79. The number of rotatable bonds is 5. The minimum atomic E-state index is 0.248. The maximum Gasteiger partial charge on any atom is 0.240 e. The molecular weight excluding hydrogens is 302 g/mol. The highest BCUT2D eigenvalue weighted by Gasteiger charge is 2.21. The van der Waals surface area contributed by atoms with E-state index >= 15 is 0 Å². The van der Waals surface area contributed by atoms with Gasteiger partial charge in [-0.1, -0.05) is 35.0 Å². The molecule has 0 bridgehead atoms. The second-order valence-corrected chi connectivity index (χ2v) is 6.21. The Morgan fingerprint density at radius 2 is 2.23 bits per heavy atom. The number of aliphatic hydroxyl groups is 1. The number of aromatic nitrogens is 2. The van der Waals surface area contributed by atoms with Crippen LogP contribution in [-0.2, 0) is 13.0 Å². The second kappa shape index (κ2) is 7.22. The molecule has 2 aromatic rings. The molecule has 0 saturated carbocycles. The minimum absolute atomic E-state index is 0.248. The van der Waals surface area contributed by atoms with E-state index in [1.807, 2.05) is 24.3 Å². The zero-order valence-corrected chi connectivity index (χ0v) is 13.2. The molecule has 6 heteroatoms. The molecule has 2 heterocycles. The lowest BCUT2D eigenvalue weighted by atomic mass is 9.99. The SMILES string of the molecule is OC[C@H]1CCCN(Cc2nc(Cc3ccccc3Cl)no2)C1. The number of likely N-dealkylation sites (tertiary alicyclic amines) is 1. The number of nitrogens with zero attached hydrogens (tertiary/aromatic N) is 3. The number of benzene rings is 1. The molecule has 0 aliphatic carbocycles. The second-order valence-electron chi connectivity index (χ2n) is 5.80. The van der Waals surface area contributed by atoms with Gasteiger partial charge in [0, 0.05) is 24.6 Å². The van der Waals surface area contributed by atoms with Gasteiger partial charge in [-0.25, -0.2) is 0 Å². The Hall–Kier alpha value is -1.43. The lowest BCUT2D eigenvalue weighted by Crippen LogP contribution is -2.36. The van der Waals surface area contributed by atoms with Crippen molar-refractivity contribution in [2.24, 2.45) is 5.92 Å². The van der Waals surface area contributed by atoms with Gasteiger partial charge < -0.3 is 9.63 Å².